The second-order valence-corrected chi connectivity index (χ2v) is 7.73. The first-order valence-electron chi connectivity index (χ1n) is 10.8. The van der Waals surface area contributed by atoms with Crippen LogP contribution in [-0.2, 0) is 6.42 Å². The first kappa shape index (κ1) is 20.9. The molecular formula is C25H28N4O2. The lowest BCUT2D eigenvalue weighted by Crippen LogP contribution is -2.46. The third-order valence-electron chi connectivity index (χ3n) is 5.50. The summed E-state index contributed by atoms with van der Waals surface area (Å²) < 4.78 is 5.92. The van der Waals surface area contributed by atoms with Crippen LogP contribution in [-0.4, -0.2) is 41.6 Å². The summed E-state index contributed by atoms with van der Waals surface area (Å²) in [6, 6.07) is 21.1. The summed E-state index contributed by atoms with van der Waals surface area (Å²) in [4.78, 5) is 19.1. The number of anilines is 1. The van der Waals surface area contributed by atoms with Crippen LogP contribution in [0.4, 0.5) is 10.5 Å². The van der Waals surface area contributed by atoms with E-state index in [0.29, 0.717) is 11.4 Å². The third-order valence-corrected chi connectivity index (χ3v) is 5.50. The van der Waals surface area contributed by atoms with Crippen molar-refractivity contribution in [3.63, 3.8) is 0 Å². The molecule has 1 aliphatic rings. The van der Waals surface area contributed by atoms with Gasteiger partial charge in [-0.05, 0) is 61.2 Å². The Bertz CT molecular complexity index is 958. The summed E-state index contributed by atoms with van der Waals surface area (Å²) in [6.07, 6.45) is 6.61. The molecule has 6 heteroatoms. The van der Waals surface area contributed by atoms with Crippen molar-refractivity contribution in [2.45, 2.75) is 25.3 Å². The molecule has 4 rings (SSSR count). The molecule has 2 N–H and O–H groups in total. The van der Waals surface area contributed by atoms with E-state index in [1.165, 1.54) is 5.56 Å². The lowest BCUT2D eigenvalue weighted by atomic mass is 10.0. The van der Waals surface area contributed by atoms with Crippen LogP contribution in [0, 0.1) is 0 Å². The highest BCUT2D eigenvalue weighted by Gasteiger charge is 2.21. The number of para-hydroxylation sites is 3. The van der Waals surface area contributed by atoms with Crippen molar-refractivity contribution >= 4 is 11.7 Å². The van der Waals surface area contributed by atoms with Gasteiger partial charge in [0.25, 0.3) is 0 Å². The number of piperidine rings is 1. The highest BCUT2D eigenvalue weighted by molar-refractivity contribution is 5.91. The fraction of sp³-hybridized carbons (Fsp3) is 0.280. The summed E-state index contributed by atoms with van der Waals surface area (Å²) in [5.74, 6) is 1.35. The van der Waals surface area contributed by atoms with Crippen LogP contribution in [0.1, 0.15) is 18.4 Å². The van der Waals surface area contributed by atoms with Gasteiger partial charge in [-0.3, -0.25) is 4.98 Å². The van der Waals surface area contributed by atoms with E-state index in [1.54, 1.807) is 0 Å². The van der Waals surface area contributed by atoms with Crippen molar-refractivity contribution in [2.75, 3.05) is 25.0 Å². The summed E-state index contributed by atoms with van der Waals surface area (Å²) in [6.45, 7) is 3.01. The molecule has 3 aromatic rings. The molecule has 31 heavy (non-hydrogen) atoms. The van der Waals surface area contributed by atoms with E-state index in [4.69, 9.17) is 4.74 Å². The number of carbonyl (C=O) groups excluding carboxylic acids is 1. The van der Waals surface area contributed by atoms with Gasteiger partial charge in [-0.2, -0.15) is 0 Å². The van der Waals surface area contributed by atoms with Crippen molar-refractivity contribution in [1.82, 2.24) is 15.2 Å². The number of rotatable bonds is 7. The Hall–Kier alpha value is -3.38. The average molecular weight is 417 g/mol. The molecule has 1 fully saturated rings. The van der Waals surface area contributed by atoms with Crippen LogP contribution in [0.25, 0.3) is 0 Å². The van der Waals surface area contributed by atoms with E-state index in [0.717, 1.165) is 44.6 Å². The highest BCUT2D eigenvalue weighted by atomic mass is 16.5. The zero-order chi connectivity index (χ0) is 21.3. The number of pyridine rings is 1. The minimum Gasteiger partial charge on any atom is -0.455 e. The Labute approximate surface area is 183 Å². The topological polar surface area (TPSA) is 66.5 Å². The van der Waals surface area contributed by atoms with Gasteiger partial charge in [0.15, 0.2) is 5.75 Å². The molecule has 160 valence electrons. The minimum absolute atomic E-state index is 0.180. The predicted octanol–water partition coefficient (Wildman–Crippen LogP) is 4.70. The zero-order valence-corrected chi connectivity index (χ0v) is 17.5. The summed E-state index contributed by atoms with van der Waals surface area (Å²) in [5, 5.41) is 6.05. The first-order chi connectivity index (χ1) is 15.3. The first-order valence-corrected chi connectivity index (χ1v) is 10.8. The van der Waals surface area contributed by atoms with E-state index in [2.05, 4.69) is 32.7 Å². The van der Waals surface area contributed by atoms with E-state index in [9.17, 15) is 4.79 Å². The number of nitrogens with zero attached hydrogens (tertiary/aromatic N) is 2. The van der Waals surface area contributed by atoms with Crippen LogP contribution in [0.2, 0.25) is 0 Å². The molecule has 0 saturated carbocycles. The molecule has 1 saturated heterocycles. The van der Waals surface area contributed by atoms with Crippen LogP contribution < -0.4 is 15.4 Å². The molecule has 0 bridgehead atoms. The van der Waals surface area contributed by atoms with Crippen molar-refractivity contribution in [1.29, 1.82) is 0 Å². The van der Waals surface area contributed by atoms with Crippen LogP contribution >= 0.6 is 0 Å². The molecular weight excluding hydrogens is 388 g/mol. The van der Waals surface area contributed by atoms with Gasteiger partial charge in [-0.25, -0.2) is 4.79 Å². The third kappa shape index (κ3) is 6.30. The standard InChI is InChI=1S/C25H28N4O2/c30-25(28-23-8-4-5-9-24(23)31-22-6-2-1-3-7-22)27-21-13-18-29(19-14-21)17-12-20-10-15-26-16-11-20/h1-11,15-16,21H,12-14,17-19H2,(H2,27,28,30). The SMILES string of the molecule is O=C(Nc1ccccc1Oc1ccccc1)NC1CCN(CCc2ccncc2)CC1. The molecule has 0 atom stereocenters. The number of amides is 2. The smallest absolute Gasteiger partial charge is 0.319 e. The number of urea groups is 1. The number of aromatic nitrogens is 1. The molecule has 0 aliphatic carbocycles. The van der Waals surface area contributed by atoms with Crippen molar-refractivity contribution < 1.29 is 9.53 Å². The fourth-order valence-electron chi connectivity index (χ4n) is 3.76. The van der Waals surface area contributed by atoms with Crippen molar-refractivity contribution in [3.8, 4) is 11.5 Å². The van der Waals surface area contributed by atoms with Gasteiger partial charge in [-0.1, -0.05) is 30.3 Å². The monoisotopic (exact) mass is 416 g/mol. The fourth-order valence-corrected chi connectivity index (χ4v) is 3.76. The molecule has 1 aromatic heterocycles. The quantitative estimate of drug-likeness (QED) is 0.586. The number of hydrogen-bond acceptors (Lipinski definition) is 4. The molecule has 0 radical (unpaired) electrons. The van der Waals surface area contributed by atoms with Crippen molar-refractivity contribution in [2.24, 2.45) is 0 Å². The lowest BCUT2D eigenvalue weighted by molar-refractivity contribution is 0.197. The summed E-state index contributed by atoms with van der Waals surface area (Å²) >= 11 is 0. The second-order valence-electron chi connectivity index (χ2n) is 7.73. The number of nitrogens with one attached hydrogen (secondary N) is 2. The lowest BCUT2D eigenvalue weighted by Gasteiger charge is -2.32. The molecule has 2 amide bonds. The van der Waals surface area contributed by atoms with Gasteiger partial charge in [-0.15, -0.1) is 0 Å². The Balaban J connectivity index is 1.24. The molecule has 2 heterocycles. The van der Waals surface area contributed by atoms with E-state index in [-0.39, 0.29) is 12.1 Å². The van der Waals surface area contributed by atoms with Crippen LogP contribution in [0.3, 0.4) is 0 Å². The van der Waals surface area contributed by atoms with Gasteiger partial charge in [0.05, 0.1) is 5.69 Å². The van der Waals surface area contributed by atoms with Gasteiger partial charge < -0.3 is 20.3 Å². The predicted molar refractivity (Wildman–Crippen MR) is 123 cm³/mol. The maximum atomic E-state index is 12.6. The van der Waals surface area contributed by atoms with Gasteiger partial charge in [0, 0.05) is 38.1 Å². The highest BCUT2D eigenvalue weighted by Crippen LogP contribution is 2.29. The Morgan fingerprint density at radius 2 is 1.68 bits per heavy atom. The van der Waals surface area contributed by atoms with Gasteiger partial charge >= 0.3 is 6.03 Å². The van der Waals surface area contributed by atoms with Crippen LogP contribution in [0.5, 0.6) is 11.5 Å². The minimum atomic E-state index is -0.195. The number of hydrogen-bond donors (Lipinski definition) is 2. The normalized spacial score (nSPS) is 14.7. The maximum Gasteiger partial charge on any atom is 0.319 e. The maximum absolute atomic E-state index is 12.6. The molecule has 1 aliphatic heterocycles. The number of ether oxygens (including phenoxy) is 1. The Morgan fingerprint density at radius 1 is 0.968 bits per heavy atom. The van der Waals surface area contributed by atoms with Gasteiger partial charge in [0.1, 0.15) is 5.75 Å². The Morgan fingerprint density at radius 3 is 2.45 bits per heavy atom. The number of carbonyl (C=O) groups is 1. The summed E-state index contributed by atoms with van der Waals surface area (Å²) in [5.41, 5.74) is 1.96. The number of likely N-dealkylation sites (tertiary alicyclic amines) is 1. The van der Waals surface area contributed by atoms with Gasteiger partial charge in [0.2, 0.25) is 0 Å². The number of benzene rings is 2. The zero-order valence-electron chi connectivity index (χ0n) is 17.5. The van der Waals surface area contributed by atoms with Crippen LogP contribution in [0.15, 0.2) is 79.1 Å². The van der Waals surface area contributed by atoms with E-state index in [1.807, 2.05) is 67.0 Å². The molecule has 6 nitrogen and oxygen atoms in total. The van der Waals surface area contributed by atoms with E-state index < -0.39 is 0 Å². The summed E-state index contributed by atoms with van der Waals surface area (Å²) in [7, 11) is 0. The largest absolute Gasteiger partial charge is 0.455 e. The Kier molecular flexibility index (Phi) is 7.13. The molecule has 0 spiro atoms. The average Bonchev–Trinajstić information content (AvgIpc) is 2.81. The second kappa shape index (κ2) is 10.6. The molecule has 2 aromatic carbocycles. The van der Waals surface area contributed by atoms with E-state index >= 15 is 0 Å². The van der Waals surface area contributed by atoms with Crippen molar-refractivity contribution in [3.05, 3.63) is 84.7 Å². The molecule has 0 unspecified atom stereocenters.